The van der Waals surface area contributed by atoms with E-state index in [4.69, 9.17) is 9.47 Å². The lowest BCUT2D eigenvalue weighted by atomic mass is 10.2. The number of amides is 2. The minimum absolute atomic E-state index is 0.0109. The number of rotatable bonds is 11. The van der Waals surface area contributed by atoms with Crippen molar-refractivity contribution in [1.29, 1.82) is 0 Å². The molecule has 0 aromatic heterocycles. The number of ether oxygens (including phenoxy) is 2. The summed E-state index contributed by atoms with van der Waals surface area (Å²) >= 11 is 0. The Morgan fingerprint density at radius 1 is 0.964 bits per heavy atom. The number of carbonyl (C=O) groups is 2. The van der Waals surface area contributed by atoms with E-state index in [-0.39, 0.29) is 18.4 Å². The van der Waals surface area contributed by atoms with Crippen LogP contribution in [0.2, 0.25) is 0 Å². The van der Waals surface area contributed by atoms with Gasteiger partial charge in [0.2, 0.25) is 5.91 Å². The first-order chi connectivity index (χ1) is 13.5. The minimum Gasteiger partial charge on any atom is -0.484 e. The Bertz CT molecular complexity index is 730. The van der Waals surface area contributed by atoms with Crippen molar-refractivity contribution in [3.05, 3.63) is 60.2 Å². The first kappa shape index (κ1) is 21.4. The number of benzene rings is 2. The van der Waals surface area contributed by atoms with Crippen molar-refractivity contribution >= 4 is 17.5 Å². The number of nitrogens with zero attached hydrogens (tertiary/aromatic N) is 1. The summed E-state index contributed by atoms with van der Waals surface area (Å²) in [5, 5.41) is 2.84. The van der Waals surface area contributed by atoms with Crippen LogP contribution < -0.4 is 10.1 Å². The smallest absolute Gasteiger partial charge is 0.259 e. The lowest BCUT2D eigenvalue weighted by Crippen LogP contribution is -2.27. The summed E-state index contributed by atoms with van der Waals surface area (Å²) in [7, 11) is 3.36. The fourth-order valence-corrected chi connectivity index (χ4v) is 2.40. The predicted molar refractivity (Wildman–Crippen MR) is 109 cm³/mol. The van der Waals surface area contributed by atoms with Crippen LogP contribution >= 0.6 is 0 Å². The molecule has 0 aliphatic rings. The van der Waals surface area contributed by atoms with Crippen LogP contribution in [0.15, 0.2) is 54.6 Å². The number of hydrogen-bond acceptors (Lipinski definition) is 4. The fourth-order valence-electron chi connectivity index (χ4n) is 2.40. The second kappa shape index (κ2) is 11.8. The van der Waals surface area contributed by atoms with Crippen LogP contribution in [0.5, 0.6) is 5.75 Å². The third-order valence-corrected chi connectivity index (χ3v) is 4.07. The van der Waals surface area contributed by atoms with Gasteiger partial charge in [-0.15, -0.1) is 0 Å². The molecule has 0 bridgehead atoms. The molecule has 150 valence electrons. The molecule has 0 unspecified atom stereocenters. The van der Waals surface area contributed by atoms with Gasteiger partial charge in [0.25, 0.3) is 5.91 Å². The summed E-state index contributed by atoms with van der Waals surface area (Å²) in [6.07, 6.45) is 1.96. The van der Waals surface area contributed by atoms with Crippen LogP contribution in [0.25, 0.3) is 0 Å². The molecule has 2 amide bonds. The average Bonchev–Trinajstić information content (AvgIpc) is 2.70. The Labute approximate surface area is 166 Å². The molecule has 2 aromatic rings. The van der Waals surface area contributed by atoms with Gasteiger partial charge in [-0.2, -0.15) is 0 Å². The lowest BCUT2D eigenvalue weighted by Gasteiger charge is -2.11. The van der Waals surface area contributed by atoms with Crippen LogP contribution in [-0.2, 0) is 20.7 Å². The SMILES string of the molecule is CN(C)C(=O)COc1ccc(NC(=O)CCCOCCc2ccccc2)cc1. The molecule has 0 heterocycles. The highest BCUT2D eigenvalue weighted by atomic mass is 16.5. The summed E-state index contributed by atoms with van der Waals surface area (Å²) in [6, 6.07) is 17.1. The van der Waals surface area contributed by atoms with Gasteiger partial charge < -0.3 is 19.7 Å². The van der Waals surface area contributed by atoms with Crippen molar-refractivity contribution in [2.24, 2.45) is 0 Å². The molecule has 0 aliphatic carbocycles. The van der Waals surface area contributed by atoms with E-state index >= 15 is 0 Å². The van der Waals surface area contributed by atoms with Crippen LogP contribution in [0.4, 0.5) is 5.69 Å². The molecule has 0 saturated carbocycles. The van der Waals surface area contributed by atoms with Gasteiger partial charge in [-0.25, -0.2) is 0 Å². The van der Waals surface area contributed by atoms with Gasteiger partial charge in [0, 0.05) is 32.8 Å². The predicted octanol–water partition coefficient (Wildman–Crippen LogP) is 3.13. The fraction of sp³-hybridized carbons (Fsp3) is 0.364. The van der Waals surface area contributed by atoms with Crippen molar-refractivity contribution in [2.75, 3.05) is 39.2 Å². The molecular weight excluding hydrogens is 356 g/mol. The van der Waals surface area contributed by atoms with E-state index in [2.05, 4.69) is 17.4 Å². The number of nitrogens with one attached hydrogen (secondary N) is 1. The van der Waals surface area contributed by atoms with Crippen molar-refractivity contribution in [3.63, 3.8) is 0 Å². The molecule has 1 N–H and O–H groups in total. The third kappa shape index (κ3) is 8.22. The molecule has 0 spiro atoms. The summed E-state index contributed by atoms with van der Waals surface area (Å²) < 4.78 is 11.0. The molecule has 28 heavy (non-hydrogen) atoms. The van der Waals surface area contributed by atoms with E-state index in [0.717, 1.165) is 6.42 Å². The van der Waals surface area contributed by atoms with Crippen molar-refractivity contribution in [2.45, 2.75) is 19.3 Å². The van der Waals surface area contributed by atoms with Crippen molar-refractivity contribution in [1.82, 2.24) is 4.90 Å². The first-order valence-corrected chi connectivity index (χ1v) is 9.39. The molecule has 2 aromatic carbocycles. The highest BCUT2D eigenvalue weighted by Crippen LogP contribution is 2.16. The summed E-state index contributed by atoms with van der Waals surface area (Å²) in [6.45, 7) is 1.21. The third-order valence-electron chi connectivity index (χ3n) is 4.07. The molecule has 0 radical (unpaired) electrons. The van der Waals surface area contributed by atoms with E-state index in [1.165, 1.54) is 10.5 Å². The highest BCUT2D eigenvalue weighted by molar-refractivity contribution is 5.90. The quantitative estimate of drug-likeness (QED) is 0.605. The van der Waals surface area contributed by atoms with Gasteiger partial charge in [-0.1, -0.05) is 30.3 Å². The summed E-state index contributed by atoms with van der Waals surface area (Å²) in [5.74, 6) is 0.423. The standard InChI is InChI=1S/C22H28N2O4/c1-24(2)22(26)17-28-20-12-10-19(11-13-20)23-21(25)9-6-15-27-16-14-18-7-4-3-5-8-18/h3-5,7-8,10-13H,6,9,14-17H2,1-2H3,(H,23,25). The van der Waals surface area contributed by atoms with Gasteiger partial charge in [0.05, 0.1) is 6.61 Å². The number of carbonyl (C=O) groups excluding carboxylic acids is 2. The molecule has 0 atom stereocenters. The molecule has 6 heteroatoms. The zero-order valence-corrected chi connectivity index (χ0v) is 16.5. The van der Waals surface area contributed by atoms with E-state index in [0.29, 0.717) is 37.5 Å². The molecule has 0 fully saturated rings. The zero-order chi connectivity index (χ0) is 20.2. The number of likely N-dealkylation sites (N-methyl/N-ethyl adjacent to an activating group) is 1. The maximum absolute atomic E-state index is 12.0. The van der Waals surface area contributed by atoms with Crippen molar-refractivity contribution in [3.8, 4) is 5.75 Å². The van der Waals surface area contributed by atoms with Crippen LogP contribution in [0, 0.1) is 0 Å². The first-order valence-electron chi connectivity index (χ1n) is 9.39. The Morgan fingerprint density at radius 2 is 1.68 bits per heavy atom. The van der Waals surface area contributed by atoms with Gasteiger partial charge in [-0.05, 0) is 42.7 Å². The second-order valence-corrected chi connectivity index (χ2v) is 6.60. The molecule has 6 nitrogen and oxygen atoms in total. The Morgan fingerprint density at radius 3 is 2.36 bits per heavy atom. The molecule has 0 aliphatic heterocycles. The van der Waals surface area contributed by atoms with Crippen molar-refractivity contribution < 1.29 is 19.1 Å². The lowest BCUT2D eigenvalue weighted by molar-refractivity contribution is -0.130. The Kier molecular flexibility index (Phi) is 9.01. The maximum Gasteiger partial charge on any atom is 0.259 e. The summed E-state index contributed by atoms with van der Waals surface area (Å²) in [4.78, 5) is 25.0. The summed E-state index contributed by atoms with van der Waals surface area (Å²) in [5.41, 5.74) is 1.94. The van der Waals surface area contributed by atoms with E-state index < -0.39 is 0 Å². The molecular formula is C22H28N2O4. The van der Waals surface area contributed by atoms with Crippen LogP contribution in [0.1, 0.15) is 18.4 Å². The van der Waals surface area contributed by atoms with Gasteiger partial charge in [0.15, 0.2) is 6.61 Å². The molecule has 0 saturated heterocycles. The highest BCUT2D eigenvalue weighted by Gasteiger charge is 2.06. The van der Waals surface area contributed by atoms with Crippen LogP contribution in [0.3, 0.4) is 0 Å². The Hall–Kier alpha value is -2.86. The van der Waals surface area contributed by atoms with E-state index in [9.17, 15) is 9.59 Å². The number of anilines is 1. The molecule has 2 rings (SSSR count). The van der Waals surface area contributed by atoms with Gasteiger partial charge in [0.1, 0.15) is 5.75 Å². The topological polar surface area (TPSA) is 67.9 Å². The maximum atomic E-state index is 12.0. The second-order valence-electron chi connectivity index (χ2n) is 6.60. The Balaban J connectivity index is 1.58. The van der Waals surface area contributed by atoms with Gasteiger partial charge in [-0.3, -0.25) is 9.59 Å². The van der Waals surface area contributed by atoms with E-state index in [1.807, 2.05) is 18.2 Å². The van der Waals surface area contributed by atoms with Crippen LogP contribution in [-0.4, -0.2) is 50.6 Å². The zero-order valence-electron chi connectivity index (χ0n) is 16.5. The normalized spacial score (nSPS) is 10.4. The monoisotopic (exact) mass is 384 g/mol. The number of hydrogen-bond donors (Lipinski definition) is 1. The largest absolute Gasteiger partial charge is 0.484 e. The van der Waals surface area contributed by atoms with E-state index in [1.54, 1.807) is 38.4 Å². The van der Waals surface area contributed by atoms with Gasteiger partial charge >= 0.3 is 0 Å². The average molecular weight is 384 g/mol. The minimum atomic E-state index is -0.108.